The highest BCUT2D eigenvalue weighted by molar-refractivity contribution is 7.89. The zero-order valence-electron chi connectivity index (χ0n) is 12.2. The Morgan fingerprint density at radius 1 is 1.35 bits per heavy atom. The van der Waals surface area contributed by atoms with Crippen LogP contribution in [0.5, 0.6) is 0 Å². The highest BCUT2D eigenvalue weighted by atomic mass is 35.5. The van der Waals surface area contributed by atoms with E-state index in [1.807, 2.05) is 13.8 Å². The number of halogens is 2. The first-order chi connectivity index (χ1) is 8.60. The van der Waals surface area contributed by atoms with E-state index in [2.05, 4.69) is 0 Å². The van der Waals surface area contributed by atoms with Crippen LogP contribution in [0, 0.1) is 18.2 Å². The number of hydrogen-bond donors (Lipinski definition) is 1. The molecule has 0 heterocycles. The smallest absolute Gasteiger partial charge is 0.242 e. The summed E-state index contributed by atoms with van der Waals surface area (Å²) in [6.45, 7) is 6.03. The fourth-order valence-electron chi connectivity index (χ4n) is 1.71. The van der Waals surface area contributed by atoms with Crippen molar-refractivity contribution in [3.8, 4) is 0 Å². The average Bonchev–Trinajstić information content (AvgIpc) is 2.32. The molecule has 1 aromatic carbocycles. The maximum atomic E-state index is 13.2. The van der Waals surface area contributed by atoms with Gasteiger partial charge in [-0.1, -0.05) is 13.8 Å². The van der Waals surface area contributed by atoms with Crippen LogP contribution < -0.4 is 5.73 Å². The molecule has 0 fully saturated rings. The molecule has 20 heavy (non-hydrogen) atoms. The van der Waals surface area contributed by atoms with Crippen LogP contribution in [0.2, 0.25) is 0 Å². The average molecular weight is 325 g/mol. The molecular formula is C13H22ClFN2O2S. The van der Waals surface area contributed by atoms with E-state index in [1.54, 1.807) is 0 Å². The van der Waals surface area contributed by atoms with Crippen molar-refractivity contribution in [1.29, 1.82) is 0 Å². The molecule has 2 N–H and O–H groups in total. The molecule has 0 aliphatic rings. The van der Waals surface area contributed by atoms with E-state index in [9.17, 15) is 12.8 Å². The Hall–Kier alpha value is -0.690. The lowest BCUT2D eigenvalue weighted by molar-refractivity contribution is 0.292. The molecule has 0 aliphatic heterocycles. The minimum absolute atomic E-state index is 0. The molecule has 0 aromatic heterocycles. The van der Waals surface area contributed by atoms with Gasteiger partial charge < -0.3 is 5.73 Å². The number of benzene rings is 1. The molecule has 4 nitrogen and oxygen atoms in total. The topological polar surface area (TPSA) is 63.4 Å². The first-order valence-electron chi connectivity index (χ1n) is 6.03. The van der Waals surface area contributed by atoms with Crippen LogP contribution in [0.3, 0.4) is 0 Å². The number of sulfonamides is 1. The van der Waals surface area contributed by atoms with Gasteiger partial charge in [0, 0.05) is 13.6 Å². The number of aryl methyl sites for hydroxylation is 1. The predicted octanol–water partition coefficient (Wildman–Crippen LogP) is 2.16. The summed E-state index contributed by atoms with van der Waals surface area (Å²) >= 11 is 0. The second-order valence-electron chi connectivity index (χ2n) is 5.54. The van der Waals surface area contributed by atoms with Crippen molar-refractivity contribution in [3.63, 3.8) is 0 Å². The normalized spacial score (nSPS) is 12.3. The summed E-state index contributed by atoms with van der Waals surface area (Å²) in [4.78, 5) is 0.0988. The van der Waals surface area contributed by atoms with Gasteiger partial charge in [-0.25, -0.2) is 17.1 Å². The molecule has 0 atom stereocenters. The van der Waals surface area contributed by atoms with Gasteiger partial charge in [0.05, 0.1) is 4.90 Å². The summed E-state index contributed by atoms with van der Waals surface area (Å²) in [6, 6.07) is 3.80. The van der Waals surface area contributed by atoms with Crippen LogP contribution in [0.15, 0.2) is 23.1 Å². The van der Waals surface area contributed by atoms with Gasteiger partial charge in [-0.05, 0) is 42.6 Å². The fraction of sp³-hybridized carbons (Fsp3) is 0.538. The highest BCUT2D eigenvalue weighted by Crippen LogP contribution is 2.22. The van der Waals surface area contributed by atoms with Gasteiger partial charge in [0.1, 0.15) is 5.82 Å². The van der Waals surface area contributed by atoms with Crippen LogP contribution in [0.1, 0.15) is 19.4 Å². The zero-order valence-corrected chi connectivity index (χ0v) is 13.8. The van der Waals surface area contributed by atoms with Gasteiger partial charge in [0.2, 0.25) is 10.0 Å². The van der Waals surface area contributed by atoms with Gasteiger partial charge in [-0.3, -0.25) is 0 Å². The monoisotopic (exact) mass is 324 g/mol. The molecule has 0 amide bonds. The van der Waals surface area contributed by atoms with Gasteiger partial charge in [-0.2, -0.15) is 0 Å². The van der Waals surface area contributed by atoms with Gasteiger partial charge in [0.15, 0.2) is 0 Å². The summed E-state index contributed by atoms with van der Waals surface area (Å²) < 4.78 is 39.1. The van der Waals surface area contributed by atoms with E-state index in [1.165, 1.54) is 36.5 Å². The molecule has 7 heteroatoms. The van der Waals surface area contributed by atoms with E-state index in [0.717, 1.165) is 0 Å². The first-order valence-corrected chi connectivity index (χ1v) is 7.47. The van der Waals surface area contributed by atoms with Crippen molar-refractivity contribution in [2.24, 2.45) is 11.1 Å². The maximum absolute atomic E-state index is 13.2. The van der Waals surface area contributed by atoms with Crippen LogP contribution in [0.4, 0.5) is 4.39 Å². The van der Waals surface area contributed by atoms with E-state index in [0.29, 0.717) is 18.7 Å². The lowest BCUT2D eigenvalue weighted by atomic mass is 9.94. The maximum Gasteiger partial charge on any atom is 0.242 e. The Balaban J connectivity index is 0.00000361. The Morgan fingerprint density at radius 2 is 1.90 bits per heavy atom. The minimum atomic E-state index is -3.61. The largest absolute Gasteiger partial charge is 0.330 e. The van der Waals surface area contributed by atoms with E-state index in [4.69, 9.17) is 5.73 Å². The molecule has 0 unspecified atom stereocenters. The third kappa shape index (κ3) is 4.41. The van der Waals surface area contributed by atoms with Crippen molar-refractivity contribution >= 4 is 22.4 Å². The predicted molar refractivity (Wildman–Crippen MR) is 81.0 cm³/mol. The molecule has 0 aliphatic carbocycles. The second-order valence-corrected chi connectivity index (χ2v) is 7.59. The summed E-state index contributed by atoms with van der Waals surface area (Å²) in [7, 11) is -2.11. The quantitative estimate of drug-likeness (QED) is 0.902. The van der Waals surface area contributed by atoms with Crippen LogP contribution in [0.25, 0.3) is 0 Å². The standard InChI is InChI=1S/C13H21FN2O2S.ClH/c1-10-7-11(5-6-12(10)14)19(17,18)16(4)9-13(2,3)8-15;/h5-7H,8-9,15H2,1-4H3;1H. The van der Waals surface area contributed by atoms with Crippen LogP contribution in [-0.4, -0.2) is 32.9 Å². The summed E-state index contributed by atoms with van der Waals surface area (Å²) in [5.74, 6) is -0.413. The molecule has 0 saturated heterocycles. The van der Waals surface area contributed by atoms with Gasteiger partial charge in [-0.15, -0.1) is 12.4 Å². The second kappa shape index (κ2) is 6.85. The van der Waals surface area contributed by atoms with Gasteiger partial charge in [0.25, 0.3) is 0 Å². The summed E-state index contributed by atoms with van der Waals surface area (Å²) in [6.07, 6.45) is 0. The Labute approximate surface area is 126 Å². The van der Waals surface area contributed by atoms with Crippen molar-refractivity contribution in [1.82, 2.24) is 4.31 Å². The van der Waals surface area contributed by atoms with Crippen molar-refractivity contribution in [2.45, 2.75) is 25.7 Å². The number of nitrogens with zero attached hydrogens (tertiary/aromatic N) is 1. The van der Waals surface area contributed by atoms with E-state index in [-0.39, 0.29) is 22.7 Å². The summed E-state index contributed by atoms with van der Waals surface area (Å²) in [5, 5.41) is 0. The van der Waals surface area contributed by atoms with Crippen LogP contribution in [-0.2, 0) is 10.0 Å². The molecule has 0 saturated carbocycles. The van der Waals surface area contributed by atoms with Crippen molar-refractivity contribution in [2.75, 3.05) is 20.1 Å². The molecule has 0 radical (unpaired) electrons. The molecule has 0 spiro atoms. The Morgan fingerprint density at radius 3 is 2.35 bits per heavy atom. The number of nitrogens with two attached hydrogens (primary N) is 1. The van der Waals surface area contributed by atoms with Gasteiger partial charge >= 0.3 is 0 Å². The number of rotatable bonds is 5. The van der Waals surface area contributed by atoms with E-state index < -0.39 is 15.8 Å². The minimum Gasteiger partial charge on any atom is -0.330 e. The molecule has 1 aromatic rings. The molecule has 116 valence electrons. The lowest BCUT2D eigenvalue weighted by Crippen LogP contribution is -2.39. The zero-order chi connectivity index (χ0) is 14.8. The van der Waals surface area contributed by atoms with Crippen molar-refractivity contribution < 1.29 is 12.8 Å². The Bertz CT molecular complexity index is 561. The van der Waals surface area contributed by atoms with E-state index >= 15 is 0 Å². The third-order valence-corrected chi connectivity index (χ3v) is 4.84. The molecule has 0 bridgehead atoms. The summed E-state index contributed by atoms with van der Waals surface area (Å²) in [5.41, 5.74) is 5.61. The number of hydrogen-bond acceptors (Lipinski definition) is 3. The lowest BCUT2D eigenvalue weighted by Gasteiger charge is -2.28. The fourth-order valence-corrected chi connectivity index (χ4v) is 3.15. The Kier molecular flexibility index (Phi) is 6.61. The van der Waals surface area contributed by atoms with Crippen molar-refractivity contribution in [3.05, 3.63) is 29.6 Å². The van der Waals surface area contributed by atoms with Crippen LogP contribution >= 0.6 is 12.4 Å². The highest BCUT2D eigenvalue weighted by Gasteiger charge is 2.27. The SMILES string of the molecule is Cc1cc(S(=O)(=O)N(C)CC(C)(C)CN)ccc1F.Cl. The molecule has 1 rings (SSSR count). The molecular weight excluding hydrogens is 303 g/mol. The third-order valence-electron chi connectivity index (χ3n) is 3.04. The first kappa shape index (κ1) is 19.3.